The number of carbonyl (C=O) groups excluding carboxylic acids is 1. The summed E-state index contributed by atoms with van der Waals surface area (Å²) in [6, 6.07) is 22.4. The largest absolute Gasteiger partial charge is 0.493 e. The summed E-state index contributed by atoms with van der Waals surface area (Å²) in [4.78, 5) is 18.6. The molecular formula is C30H29BrClN5O2S. The van der Waals surface area contributed by atoms with Gasteiger partial charge in [0.15, 0.2) is 0 Å². The lowest BCUT2D eigenvalue weighted by Crippen LogP contribution is -2.31. The Morgan fingerprint density at radius 3 is 2.70 bits per heavy atom. The fourth-order valence-corrected chi connectivity index (χ4v) is 5.94. The molecule has 1 atom stereocenters. The molecule has 0 radical (unpaired) electrons. The van der Waals surface area contributed by atoms with Crippen LogP contribution < -0.4 is 15.4 Å². The maximum Gasteiger partial charge on any atom is 0.255 e. The molecule has 0 bridgehead atoms. The molecule has 40 heavy (non-hydrogen) atoms. The molecule has 10 heteroatoms. The van der Waals surface area contributed by atoms with E-state index in [9.17, 15) is 4.79 Å². The number of halogens is 2. The van der Waals surface area contributed by atoms with Crippen molar-refractivity contribution in [1.82, 2.24) is 14.8 Å². The van der Waals surface area contributed by atoms with E-state index in [0.717, 1.165) is 28.4 Å². The fraction of sp³-hybridized carbons (Fsp3) is 0.233. The normalized spacial score (nSPS) is 14.4. The predicted octanol–water partition coefficient (Wildman–Crippen LogP) is 8.09. The molecule has 5 rings (SSSR count). The number of carbonyl (C=O) groups is 1. The third-order valence-corrected chi connectivity index (χ3v) is 8.19. The molecule has 206 valence electrons. The number of nitrogens with one attached hydrogen (secondary N) is 2. The number of benzene rings is 3. The van der Waals surface area contributed by atoms with Crippen molar-refractivity contribution >= 4 is 56.8 Å². The lowest BCUT2D eigenvalue weighted by Gasteiger charge is -2.30. The molecule has 1 aliphatic rings. The monoisotopic (exact) mass is 637 g/mol. The van der Waals surface area contributed by atoms with Gasteiger partial charge in [-0.05, 0) is 55.3 Å². The molecule has 1 aliphatic heterocycles. The Labute approximate surface area is 251 Å². The first kappa shape index (κ1) is 28.3. The summed E-state index contributed by atoms with van der Waals surface area (Å²) in [5.74, 6) is 1.64. The molecule has 1 amide bonds. The van der Waals surface area contributed by atoms with Crippen molar-refractivity contribution in [3.63, 3.8) is 0 Å². The average molecular weight is 639 g/mol. The number of amides is 1. The lowest BCUT2D eigenvalue weighted by atomic mass is 9.94. The standard InChI is InChI=1S/C30H29BrClN5O2S/c1-3-4-16-39-25-15-14-21(31)17-23(25)27-26(28(38)34-22-11-6-5-7-12-22)19(2)33-29-35-30(36-37(27)29)40-18-20-10-8-9-13-24(20)32/h5-15,17,27H,3-4,16,18H2,1-2H3,(H,34,38)(H,33,35,36). The Hall–Kier alpha value is -3.27. The summed E-state index contributed by atoms with van der Waals surface area (Å²) < 4.78 is 8.88. The van der Waals surface area contributed by atoms with Crippen LogP contribution in [-0.4, -0.2) is 27.3 Å². The third-order valence-electron chi connectivity index (χ3n) is 6.45. The number of allylic oxidation sites excluding steroid dienone is 1. The van der Waals surface area contributed by atoms with Gasteiger partial charge < -0.3 is 15.4 Å². The Balaban J connectivity index is 1.55. The van der Waals surface area contributed by atoms with Gasteiger partial charge in [-0.15, -0.1) is 5.10 Å². The number of fused-ring (bicyclic) bond motifs is 1. The Morgan fingerprint density at radius 2 is 1.93 bits per heavy atom. The summed E-state index contributed by atoms with van der Waals surface area (Å²) in [6.07, 6.45) is 1.94. The van der Waals surface area contributed by atoms with Gasteiger partial charge in [0.25, 0.3) is 5.91 Å². The number of aromatic nitrogens is 3. The minimum absolute atomic E-state index is 0.230. The minimum Gasteiger partial charge on any atom is -0.493 e. The molecule has 1 unspecified atom stereocenters. The van der Waals surface area contributed by atoms with Gasteiger partial charge in [0, 0.05) is 32.2 Å². The quantitative estimate of drug-likeness (QED) is 0.135. The summed E-state index contributed by atoms with van der Waals surface area (Å²) in [6.45, 7) is 4.59. The first-order valence-corrected chi connectivity index (χ1v) is 15.2. The second-order valence-electron chi connectivity index (χ2n) is 9.31. The molecule has 7 nitrogen and oxygen atoms in total. The topological polar surface area (TPSA) is 81.1 Å². The number of hydrogen-bond acceptors (Lipinski definition) is 6. The summed E-state index contributed by atoms with van der Waals surface area (Å²) >= 11 is 11.5. The van der Waals surface area contributed by atoms with Crippen LogP contribution in [-0.2, 0) is 10.5 Å². The average Bonchev–Trinajstić information content (AvgIpc) is 3.35. The number of anilines is 2. The predicted molar refractivity (Wildman–Crippen MR) is 165 cm³/mol. The van der Waals surface area contributed by atoms with Crippen molar-refractivity contribution in [2.24, 2.45) is 0 Å². The van der Waals surface area contributed by atoms with E-state index in [1.807, 2.05) is 79.7 Å². The number of thioether (sulfide) groups is 1. The summed E-state index contributed by atoms with van der Waals surface area (Å²) in [5, 5.41) is 12.5. The van der Waals surface area contributed by atoms with Gasteiger partial charge >= 0.3 is 0 Å². The highest BCUT2D eigenvalue weighted by Crippen LogP contribution is 2.41. The zero-order valence-electron chi connectivity index (χ0n) is 22.2. The molecule has 0 spiro atoms. The molecular weight excluding hydrogens is 610 g/mol. The first-order chi connectivity index (χ1) is 19.4. The van der Waals surface area contributed by atoms with Gasteiger partial charge in [-0.2, -0.15) is 4.98 Å². The van der Waals surface area contributed by atoms with E-state index >= 15 is 0 Å². The van der Waals surface area contributed by atoms with Crippen LogP contribution in [0.5, 0.6) is 5.75 Å². The van der Waals surface area contributed by atoms with E-state index in [0.29, 0.717) is 51.2 Å². The maximum atomic E-state index is 13.8. The molecule has 3 aromatic carbocycles. The number of unbranched alkanes of at least 4 members (excludes halogenated alkanes) is 1. The molecule has 1 aromatic heterocycles. The van der Waals surface area contributed by atoms with Crippen molar-refractivity contribution in [1.29, 1.82) is 0 Å². The van der Waals surface area contributed by atoms with E-state index < -0.39 is 6.04 Å². The lowest BCUT2D eigenvalue weighted by molar-refractivity contribution is -0.113. The van der Waals surface area contributed by atoms with Crippen LogP contribution in [0.25, 0.3) is 0 Å². The number of para-hydroxylation sites is 1. The molecule has 0 fully saturated rings. The van der Waals surface area contributed by atoms with Gasteiger partial charge in [0.1, 0.15) is 11.8 Å². The second kappa shape index (κ2) is 12.9. The first-order valence-electron chi connectivity index (χ1n) is 13.0. The van der Waals surface area contributed by atoms with Crippen molar-refractivity contribution in [2.75, 3.05) is 17.2 Å². The van der Waals surface area contributed by atoms with Crippen molar-refractivity contribution in [3.05, 3.63) is 105 Å². The van der Waals surface area contributed by atoms with E-state index in [4.69, 9.17) is 26.4 Å². The number of hydrogen-bond donors (Lipinski definition) is 2. The number of nitrogens with zero attached hydrogens (tertiary/aromatic N) is 3. The highest BCUT2D eigenvalue weighted by molar-refractivity contribution is 9.10. The van der Waals surface area contributed by atoms with Crippen molar-refractivity contribution in [2.45, 2.75) is 43.6 Å². The highest BCUT2D eigenvalue weighted by atomic mass is 79.9. The SMILES string of the molecule is CCCCOc1ccc(Br)cc1C1C(C(=O)Nc2ccccc2)=C(C)Nc2nc(SCc3ccccc3Cl)nn21. The maximum absolute atomic E-state index is 13.8. The van der Waals surface area contributed by atoms with Crippen LogP contribution >= 0.6 is 39.3 Å². The molecule has 0 aliphatic carbocycles. The van der Waals surface area contributed by atoms with E-state index in [1.54, 1.807) is 4.68 Å². The summed E-state index contributed by atoms with van der Waals surface area (Å²) in [7, 11) is 0. The Morgan fingerprint density at radius 1 is 1.15 bits per heavy atom. The van der Waals surface area contributed by atoms with Crippen LogP contribution in [0.15, 0.2) is 93.7 Å². The minimum atomic E-state index is -0.573. The van der Waals surface area contributed by atoms with Gasteiger partial charge in [0.05, 0.1) is 12.2 Å². The molecule has 4 aromatic rings. The highest BCUT2D eigenvalue weighted by Gasteiger charge is 2.36. The van der Waals surface area contributed by atoms with Crippen LogP contribution in [0.4, 0.5) is 11.6 Å². The zero-order chi connectivity index (χ0) is 28.1. The molecule has 2 heterocycles. The third kappa shape index (κ3) is 6.37. The van der Waals surface area contributed by atoms with Gasteiger partial charge in [-0.25, -0.2) is 4.68 Å². The van der Waals surface area contributed by atoms with E-state index in [-0.39, 0.29) is 5.91 Å². The second-order valence-corrected chi connectivity index (χ2v) is 11.6. The van der Waals surface area contributed by atoms with Crippen molar-refractivity contribution < 1.29 is 9.53 Å². The zero-order valence-corrected chi connectivity index (χ0v) is 25.3. The Bertz CT molecular complexity index is 1540. The van der Waals surface area contributed by atoms with E-state index in [1.165, 1.54) is 11.8 Å². The Kier molecular flexibility index (Phi) is 9.14. The number of rotatable bonds is 10. The molecule has 2 N–H and O–H groups in total. The molecule has 0 saturated heterocycles. The van der Waals surface area contributed by atoms with Crippen LogP contribution in [0.2, 0.25) is 5.02 Å². The fourth-order valence-electron chi connectivity index (χ4n) is 4.44. The van der Waals surface area contributed by atoms with E-state index in [2.05, 4.69) is 33.5 Å². The van der Waals surface area contributed by atoms with Gasteiger partial charge in [-0.3, -0.25) is 4.79 Å². The number of ether oxygens (including phenoxy) is 1. The molecule has 0 saturated carbocycles. The van der Waals surface area contributed by atoms with Crippen LogP contribution in [0, 0.1) is 0 Å². The summed E-state index contributed by atoms with van der Waals surface area (Å²) in [5.41, 5.74) is 3.75. The van der Waals surface area contributed by atoms with Crippen LogP contribution in [0.3, 0.4) is 0 Å². The van der Waals surface area contributed by atoms with Gasteiger partial charge in [-0.1, -0.05) is 89.0 Å². The van der Waals surface area contributed by atoms with Crippen LogP contribution in [0.1, 0.15) is 43.9 Å². The smallest absolute Gasteiger partial charge is 0.255 e. The van der Waals surface area contributed by atoms with Crippen molar-refractivity contribution in [3.8, 4) is 5.75 Å². The van der Waals surface area contributed by atoms with Gasteiger partial charge in [0.2, 0.25) is 11.1 Å².